The van der Waals surface area contributed by atoms with Gasteiger partial charge in [-0.3, -0.25) is 5.41 Å². The Morgan fingerprint density at radius 2 is 2.10 bits per heavy atom. The molecule has 1 aliphatic heterocycles. The van der Waals surface area contributed by atoms with Gasteiger partial charge in [0.1, 0.15) is 0 Å². The molecular formula is C6H12N2OS. The Labute approximate surface area is 65.4 Å². The van der Waals surface area contributed by atoms with E-state index in [1.54, 1.807) is 0 Å². The molecule has 0 aliphatic carbocycles. The van der Waals surface area contributed by atoms with Crippen molar-refractivity contribution in [1.82, 2.24) is 4.31 Å². The second kappa shape index (κ2) is 3.83. The number of hydrogen-bond donors (Lipinski definition) is 1. The first-order valence-corrected chi connectivity index (χ1v) is 4.15. The van der Waals surface area contributed by atoms with Crippen molar-refractivity contribution < 1.29 is 4.74 Å². The zero-order chi connectivity index (χ0) is 7.40. The molecule has 0 radical (unpaired) electrons. The molecule has 0 amide bonds. The second-order valence-corrected chi connectivity index (χ2v) is 3.29. The van der Waals surface area contributed by atoms with Crippen molar-refractivity contribution in [3.63, 3.8) is 0 Å². The van der Waals surface area contributed by atoms with E-state index in [0.717, 1.165) is 13.1 Å². The number of rotatable bonds is 1. The first-order chi connectivity index (χ1) is 4.83. The molecule has 1 rings (SSSR count). The van der Waals surface area contributed by atoms with E-state index in [9.17, 15) is 0 Å². The molecule has 0 bridgehead atoms. The van der Waals surface area contributed by atoms with E-state index in [4.69, 9.17) is 10.1 Å². The van der Waals surface area contributed by atoms with Gasteiger partial charge in [-0.25, -0.2) is 4.31 Å². The predicted octanol–water partition coefficient (Wildman–Crippen LogP) is 1.31. The molecule has 0 aromatic heterocycles. The van der Waals surface area contributed by atoms with Gasteiger partial charge in [-0.15, -0.1) is 0 Å². The highest BCUT2D eigenvalue weighted by Crippen LogP contribution is 2.18. The van der Waals surface area contributed by atoms with E-state index >= 15 is 0 Å². The quantitative estimate of drug-likeness (QED) is 0.357. The molecule has 0 spiro atoms. The normalized spacial score (nSPS) is 19.3. The van der Waals surface area contributed by atoms with Crippen LogP contribution in [0.25, 0.3) is 0 Å². The summed E-state index contributed by atoms with van der Waals surface area (Å²) in [5.41, 5.74) is 0. The summed E-state index contributed by atoms with van der Waals surface area (Å²) in [7, 11) is 1.53. The van der Waals surface area contributed by atoms with Crippen LogP contribution in [-0.4, -0.2) is 29.7 Å². The van der Waals surface area contributed by atoms with E-state index < -0.39 is 0 Å². The Balaban J connectivity index is 2.17. The SMILES string of the molecule is COC(=N)SN1CCCC1. The summed E-state index contributed by atoms with van der Waals surface area (Å²) < 4.78 is 6.88. The molecule has 4 heteroatoms. The topological polar surface area (TPSA) is 36.3 Å². The molecule has 0 aromatic rings. The maximum absolute atomic E-state index is 7.20. The van der Waals surface area contributed by atoms with Gasteiger partial charge >= 0.3 is 0 Å². The summed E-state index contributed by atoms with van der Waals surface area (Å²) in [6.07, 6.45) is 2.51. The molecule has 1 aliphatic rings. The third-order valence-corrected chi connectivity index (χ3v) is 2.42. The third-order valence-electron chi connectivity index (χ3n) is 1.46. The molecule has 10 heavy (non-hydrogen) atoms. The first kappa shape index (κ1) is 7.88. The van der Waals surface area contributed by atoms with E-state index in [0.29, 0.717) is 5.23 Å². The highest BCUT2D eigenvalue weighted by molar-refractivity contribution is 8.11. The van der Waals surface area contributed by atoms with Gasteiger partial charge < -0.3 is 4.74 Å². The van der Waals surface area contributed by atoms with Crippen LogP contribution >= 0.6 is 11.9 Å². The number of methoxy groups -OCH3 is 1. The summed E-state index contributed by atoms with van der Waals surface area (Å²) in [5, 5.41) is 7.49. The molecule has 0 aromatic carbocycles. The zero-order valence-corrected chi connectivity index (χ0v) is 6.91. The van der Waals surface area contributed by atoms with Gasteiger partial charge in [0.25, 0.3) is 5.23 Å². The van der Waals surface area contributed by atoms with Crippen LogP contribution in [0, 0.1) is 5.41 Å². The van der Waals surface area contributed by atoms with Gasteiger partial charge in [0.05, 0.1) is 7.11 Å². The van der Waals surface area contributed by atoms with Gasteiger partial charge in [-0.1, -0.05) is 0 Å². The lowest BCUT2D eigenvalue weighted by atomic mass is 10.4. The Bertz CT molecular complexity index is 123. The Morgan fingerprint density at radius 3 is 2.60 bits per heavy atom. The van der Waals surface area contributed by atoms with Crippen molar-refractivity contribution in [1.29, 1.82) is 5.41 Å². The Hall–Kier alpha value is -0.220. The summed E-state index contributed by atoms with van der Waals surface area (Å²) in [4.78, 5) is 0. The van der Waals surface area contributed by atoms with Crippen LogP contribution in [0.1, 0.15) is 12.8 Å². The molecule has 0 saturated carbocycles. The lowest BCUT2D eigenvalue weighted by Crippen LogP contribution is -2.13. The standard InChI is InChI=1S/C6H12N2OS/c1-9-6(7)10-8-4-2-3-5-8/h7H,2-5H2,1H3. The fourth-order valence-corrected chi connectivity index (χ4v) is 1.68. The van der Waals surface area contributed by atoms with Crippen LogP contribution in [0.4, 0.5) is 0 Å². The summed E-state index contributed by atoms with van der Waals surface area (Å²) in [6, 6.07) is 0. The van der Waals surface area contributed by atoms with E-state index in [-0.39, 0.29) is 0 Å². The zero-order valence-electron chi connectivity index (χ0n) is 6.09. The molecule has 1 saturated heterocycles. The molecule has 0 atom stereocenters. The number of hydrogen-bond acceptors (Lipinski definition) is 4. The molecule has 3 nitrogen and oxygen atoms in total. The molecular weight excluding hydrogens is 148 g/mol. The van der Waals surface area contributed by atoms with Crippen molar-refractivity contribution in [2.45, 2.75) is 12.8 Å². The van der Waals surface area contributed by atoms with Crippen LogP contribution in [0.3, 0.4) is 0 Å². The van der Waals surface area contributed by atoms with Crippen molar-refractivity contribution >= 4 is 17.2 Å². The summed E-state index contributed by atoms with van der Waals surface area (Å²) in [5.74, 6) is 0. The van der Waals surface area contributed by atoms with Gasteiger partial charge in [0.15, 0.2) is 0 Å². The van der Waals surface area contributed by atoms with E-state index in [2.05, 4.69) is 4.31 Å². The minimum absolute atomic E-state index is 0.293. The maximum Gasteiger partial charge on any atom is 0.258 e. The average molecular weight is 160 g/mol. The second-order valence-electron chi connectivity index (χ2n) is 2.22. The lowest BCUT2D eigenvalue weighted by Gasteiger charge is -2.11. The minimum atomic E-state index is 0.293. The Kier molecular flexibility index (Phi) is 3.02. The highest BCUT2D eigenvalue weighted by Gasteiger charge is 2.13. The van der Waals surface area contributed by atoms with Crippen LogP contribution in [0.5, 0.6) is 0 Å². The van der Waals surface area contributed by atoms with Crippen molar-refractivity contribution in [2.75, 3.05) is 20.2 Å². The highest BCUT2D eigenvalue weighted by atomic mass is 32.2. The van der Waals surface area contributed by atoms with Crippen LogP contribution < -0.4 is 0 Å². The molecule has 1 fully saturated rings. The van der Waals surface area contributed by atoms with Crippen LogP contribution in [-0.2, 0) is 4.74 Å². The fraction of sp³-hybridized carbons (Fsp3) is 0.833. The Morgan fingerprint density at radius 1 is 1.50 bits per heavy atom. The fourth-order valence-electron chi connectivity index (χ4n) is 0.934. The number of nitrogens with zero attached hydrogens (tertiary/aromatic N) is 1. The number of nitrogens with one attached hydrogen (secondary N) is 1. The summed E-state index contributed by atoms with van der Waals surface area (Å²) >= 11 is 1.40. The van der Waals surface area contributed by atoms with Crippen LogP contribution in [0.2, 0.25) is 0 Å². The predicted molar refractivity (Wildman–Crippen MR) is 43.1 cm³/mol. The smallest absolute Gasteiger partial charge is 0.258 e. The average Bonchev–Trinajstić information content (AvgIpc) is 2.40. The lowest BCUT2D eigenvalue weighted by molar-refractivity contribution is 0.410. The minimum Gasteiger partial charge on any atom is -0.476 e. The molecule has 58 valence electrons. The largest absolute Gasteiger partial charge is 0.476 e. The maximum atomic E-state index is 7.20. The monoisotopic (exact) mass is 160 g/mol. The first-order valence-electron chi connectivity index (χ1n) is 3.38. The van der Waals surface area contributed by atoms with Crippen molar-refractivity contribution in [3.8, 4) is 0 Å². The van der Waals surface area contributed by atoms with Gasteiger partial charge in [-0.2, -0.15) is 0 Å². The van der Waals surface area contributed by atoms with E-state index in [1.807, 2.05) is 0 Å². The van der Waals surface area contributed by atoms with Crippen molar-refractivity contribution in [2.24, 2.45) is 0 Å². The van der Waals surface area contributed by atoms with Crippen LogP contribution in [0.15, 0.2) is 0 Å². The molecule has 1 N–H and O–H groups in total. The molecule has 0 unspecified atom stereocenters. The van der Waals surface area contributed by atoms with E-state index in [1.165, 1.54) is 31.9 Å². The number of ether oxygens (including phenoxy) is 1. The van der Waals surface area contributed by atoms with Crippen molar-refractivity contribution in [3.05, 3.63) is 0 Å². The van der Waals surface area contributed by atoms with Gasteiger partial charge in [0, 0.05) is 25.0 Å². The third kappa shape index (κ3) is 2.19. The van der Waals surface area contributed by atoms with Gasteiger partial charge in [-0.05, 0) is 12.8 Å². The molecule has 1 heterocycles. The van der Waals surface area contributed by atoms with Gasteiger partial charge in [0.2, 0.25) is 0 Å². The summed E-state index contributed by atoms with van der Waals surface area (Å²) in [6.45, 7) is 2.19.